The Morgan fingerprint density at radius 2 is 1.61 bits per heavy atom. The molecule has 100 valence electrons. The van der Waals surface area contributed by atoms with E-state index < -0.39 is 0 Å². The predicted octanol–water partition coefficient (Wildman–Crippen LogP) is 6.21. The molecule has 1 aliphatic carbocycles. The average Bonchev–Trinajstić information content (AvgIpc) is 2.28. The van der Waals surface area contributed by atoms with Crippen LogP contribution in [0.4, 0.5) is 5.69 Å². The number of anilines is 1. The molecule has 4 heteroatoms. The number of halogens is 3. The third-order valence-corrected chi connectivity index (χ3v) is 5.66. The van der Waals surface area contributed by atoms with Gasteiger partial charge in [0.1, 0.15) is 0 Å². The zero-order chi connectivity index (χ0) is 13.3. The Morgan fingerprint density at radius 1 is 1.00 bits per heavy atom. The molecule has 1 nitrogen and oxygen atoms in total. The first-order valence-corrected chi connectivity index (χ1v) is 8.76. The van der Waals surface area contributed by atoms with Gasteiger partial charge in [0.2, 0.25) is 0 Å². The molecule has 1 fully saturated rings. The van der Waals surface area contributed by atoms with E-state index in [-0.39, 0.29) is 0 Å². The van der Waals surface area contributed by atoms with Crippen LogP contribution in [0.5, 0.6) is 0 Å². The van der Waals surface area contributed by atoms with Crippen molar-refractivity contribution in [3.8, 4) is 0 Å². The molecule has 1 saturated carbocycles. The molecule has 3 unspecified atom stereocenters. The third kappa shape index (κ3) is 3.51. The highest BCUT2D eigenvalue weighted by molar-refractivity contribution is 9.11. The number of hydrogen-bond acceptors (Lipinski definition) is 1. The summed E-state index contributed by atoms with van der Waals surface area (Å²) in [4.78, 5) is 0. The van der Waals surface area contributed by atoms with E-state index in [0.717, 1.165) is 25.3 Å². The van der Waals surface area contributed by atoms with E-state index in [1.807, 2.05) is 0 Å². The maximum absolute atomic E-state index is 3.68. The minimum Gasteiger partial charge on any atom is -0.380 e. The minimum atomic E-state index is 0.588. The molecular weight excluding hydrogens is 422 g/mol. The SMILES string of the molecule is CC1CCC(Nc2c(Br)cc(Br)cc2Br)CC1C. The number of nitrogens with one attached hydrogen (secondary N) is 1. The lowest BCUT2D eigenvalue weighted by atomic mass is 9.79. The number of hydrogen-bond donors (Lipinski definition) is 1. The second kappa shape index (κ2) is 6.27. The van der Waals surface area contributed by atoms with Gasteiger partial charge in [0, 0.05) is 19.5 Å². The predicted molar refractivity (Wildman–Crippen MR) is 89.1 cm³/mol. The summed E-state index contributed by atoms with van der Waals surface area (Å²) in [7, 11) is 0. The Morgan fingerprint density at radius 3 is 2.17 bits per heavy atom. The molecule has 0 radical (unpaired) electrons. The molecule has 0 bridgehead atoms. The van der Waals surface area contributed by atoms with Crippen LogP contribution >= 0.6 is 47.8 Å². The highest BCUT2D eigenvalue weighted by Crippen LogP contribution is 2.37. The monoisotopic (exact) mass is 437 g/mol. The van der Waals surface area contributed by atoms with Crippen molar-refractivity contribution < 1.29 is 0 Å². The van der Waals surface area contributed by atoms with Crippen LogP contribution in [0, 0.1) is 11.8 Å². The largest absolute Gasteiger partial charge is 0.380 e. The van der Waals surface area contributed by atoms with E-state index in [9.17, 15) is 0 Å². The molecule has 1 aromatic rings. The Labute approximate surface area is 134 Å². The molecule has 0 aromatic heterocycles. The van der Waals surface area contributed by atoms with Crippen LogP contribution in [-0.2, 0) is 0 Å². The zero-order valence-electron chi connectivity index (χ0n) is 10.6. The molecule has 2 rings (SSSR count). The first-order valence-electron chi connectivity index (χ1n) is 6.38. The van der Waals surface area contributed by atoms with Crippen LogP contribution < -0.4 is 5.32 Å². The summed E-state index contributed by atoms with van der Waals surface area (Å²) >= 11 is 10.8. The maximum atomic E-state index is 3.68. The Hall–Kier alpha value is 0.460. The molecule has 1 aliphatic rings. The van der Waals surface area contributed by atoms with E-state index in [2.05, 4.69) is 79.1 Å². The van der Waals surface area contributed by atoms with Gasteiger partial charge in [-0.2, -0.15) is 0 Å². The number of rotatable bonds is 2. The van der Waals surface area contributed by atoms with Crippen molar-refractivity contribution >= 4 is 53.5 Å². The molecular formula is C14H18Br3N. The molecule has 0 heterocycles. The quantitative estimate of drug-likeness (QED) is 0.577. The van der Waals surface area contributed by atoms with Crippen molar-refractivity contribution in [1.29, 1.82) is 0 Å². The van der Waals surface area contributed by atoms with Crippen LogP contribution in [0.15, 0.2) is 25.6 Å². The van der Waals surface area contributed by atoms with Gasteiger partial charge in [-0.05, 0) is 75.1 Å². The van der Waals surface area contributed by atoms with E-state index in [0.29, 0.717) is 6.04 Å². The summed E-state index contributed by atoms with van der Waals surface area (Å²) in [6.07, 6.45) is 3.85. The molecule has 3 atom stereocenters. The van der Waals surface area contributed by atoms with Crippen LogP contribution in [0.2, 0.25) is 0 Å². The zero-order valence-corrected chi connectivity index (χ0v) is 15.4. The van der Waals surface area contributed by atoms with Crippen LogP contribution in [0.3, 0.4) is 0 Å². The van der Waals surface area contributed by atoms with Crippen LogP contribution in [0.25, 0.3) is 0 Å². The van der Waals surface area contributed by atoms with Crippen molar-refractivity contribution in [2.75, 3.05) is 5.32 Å². The molecule has 1 aromatic carbocycles. The summed E-state index contributed by atoms with van der Waals surface area (Å²) in [5.74, 6) is 1.67. The smallest absolute Gasteiger partial charge is 0.0631 e. The maximum Gasteiger partial charge on any atom is 0.0631 e. The van der Waals surface area contributed by atoms with Gasteiger partial charge in [-0.3, -0.25) is 0 Å². The van der Waals surface area contributed by atoms with Gasteiger partial charge in [-0.25, -0.2) is 0 Å². The Bertz CT molecular complexity index is 410. The van der Waals surface area contributed by atoms with Crippen molar-refractivity contribution in [3.63, 3.8) is 0 Å². The summed E-state index contributed by atoms with van der Waals surface area (Å²) in [6.45, 7) is 4.73. The van der Waals surface area contributed by atoms with Crippen LogP contribution in [-0.4, -0.2) is 6.04 Å². The van der Waals surface area contributed by atoms with Gasteiger partial charge >= 0.3 is 0 Å². The molecule has 0 amide bonds. The lowest BCUT2D eigenvalue weighted by Crippen LogP contribution is -2.30. The molecule has 1 N–H and O–H groups in total. The molecule has 0 aliphatic heterocycles. The summed E-state index contributed by atoms with van der Waals surface area (Å²) in [5, 5.41) is 3.68. The Kier molecular flexibility index (Phi) is 5.18. The molecule has 0 spiro atoms. The fraction of sp³-hybridized carbons (Fsp3) is 0.571. The van der Waals surface area contributed by atoms with Gasteiger partial charge in [-0.15, -0.1) is 0 Å². The van der Waals surface area contributed by atoms with Crippen molar-refractivity contribution in [2.45, 2.75) is 39.2 Å². The Balaban J connectivity index is 2.10. The number of benzene rings is 1. The van der Waals surface area contributed by atoms with Gasteiger partial charge in [0.05, 0.1) is 5.69 Å². The summed E-state index contributed by atoms with van der Waals surface area (Å²) < 4.78 is 3.29. The summed E-state index contributed by atoms with van der Waals surface area (Å²) in [5.41, 5.74) is 1.17. The van der Waals surface area contributed by atoms with Crippen molar-refractivity contribution in [3.05, 3.63) is 25.6 Å². The second-order valence-corrected chi connectivity index (χ2v) is 7.98. The molecule has 0 saturated heterocycles. The first kappa shape index (κ1) is 14.9. The van der Waals surface area contributed by atoms with Crippen molar-refractivity contribution in [2.24, 2.45) is 11.8 Å². The lowest BCUT2D eigenvalue weighted by Gasteiger charge is -2.33. The third-order valence-electron chi connectivity index (χ3n) is 3.95. The first-order chi connectivity index (χ1) is 8.47. The molecule has 18 heavy (non-hydrogen) atoms. The van der Waals surface area contributed by atoms with Crippen LogP contribution in [0.1, 0.15) is 33.1 Å². The normalized spacial score (nSPS) is 28.2. The second-order valence-electron chi connectivity index (χ2n) is 5.35. The van der Waals surface area contributed by atoms with E-state index in [4.69, 9.17) is 0 Å². The van der Waals surface area contributed by atoms with E-state index >= 15 is 0 Å². The van der Waals surface area contributed by atoms with Crippen molar-refractivity contribution in [1.82, 2.24) is 0 Å². The van der Waals surface area contributed by atoms with Gasteiger partial charge < -0.3 is 5.32 Å². The van der Waals surface area contributed by atoms with Gasteiger partial charge in [-0.1, -0.05) is 29.8 Å². The fourth-order valence-electron chi connectivity index (χ4n) is 2.56. The standard InChI is InChI=1S/C14H18Br3N/c1-8-3-4-11(5-9(8)2)18-14-12(16)6-10(15)7-13(14)17/h6-9,11,18H,3-5H2,1-2H3. The van der Waals surface area contributed by atoms with Gasteiger partial charge in [0.15, 0.2) is 0 Å². The topological polar surface area (TPSA) is 12.0 Å². The summed E-state index contributed by atoms with van der Waals surface area (Å²) in [6, 6.07) is 4.76. The fourth-order valence-corrected chi connectivity index (χ4v) is 5.05. The highest BCUT2D eigenvalue weighted by Gasteiger charge is 2.25. The lowest BCUT2D eigenvalue weighted by molar-refractivity contribution is 0.261. The highest BCUT2D eigenvalue weighted by atomic mass is 79.9. The average molecular weight is 440 g/mol. The van der Waals surface area contributed by atoms with E-state index in [1.54, 1.807) is 0 Å². The van der Waals surface area contributed by atoms with E-state index in [1.165, 1.54) is 24.9 Å². The van der Waals surface area contributed by atoms with Gasteiger partial charge in [0.25, 0.3) is 0 Å². The minimum absolute atomic E-state index is 0.588.